The van der Waals surface area contributed by atoms with E-state index >= 15 is 0 Å². The molecule has 15 aromatic rings. The summed E-state index contributed by atoms with van der Waals surface area (Å²) in [6, 6.07) is 72.1. The Hall–Kier alpha value is -8.06. The summed E-state index contributed by atoms with van der Waals surface area (Å²) in [6.45, 7) is 2.29. The zero-order valence-electron chi connectivity index (χ0n) is 34.4. The molecular formula is C63H34. The average molecular weight is 791 g/mol. The molecule has 0 saturated carbocycles. The zero-order valence-corrected chi connectivity index (χ0v) is 34.4. The van der Waals surface area contributed by atoms with Gasteiger partial charge >= 0.3 is 0 Å². The predicted octanol–water partition coefficient (Wildman–Crippen LogP) is 18.0. The Kier molecular flexibility index (Phi) is 5.83. The van der Waals surface area contributed by atoms with E-state index in [1.54, 1.807) is 0 Å². The van der Waals surface area contributed by atoms with Crippen LogP contribution in [-0.2, 0) is 0 Å². The molecule has 1 aliphatic carbocycles. The Balaban J connectivity index is 1.17. The van der Waals surface area contributed by atoms with Gasteiger partial charge in [0.15, 0.2) is 0 Å². The van der Waals surface area contributed by atoms with Crippen LogP contribution in [0.4, 0.5) is 0 Å². The molecule has 63 heavy (non-hydrogen) atoms. The molecule has 0 unspecified atom stereocenters. The summed E-state index contributed by atoms with van der Waals surface area (Å²) in [4.78, 5) is 0. The highest BCUT2D eigenvalue weighted by Gasteiger charge is 2.29. The maximum absolute atomic E-state index is 2.56. The van der Waals surface area contributed by atoms with E-state index < -0.39 is 0 Å². The molecule has 0 N–H and O–H groups in total. The third kappa shape index (κ3) is 3.83. The van der Waals surface area contributed by atoms with Crippen molar-refractivity contribution in [1.82, 2.24) is 0 Å². The molecule has 15 aromatic carbocycles. The van der Waals surface area contributed by atoms with Gasteiger partial charge in [-0.15, -0.1) is 0 Å². The van der Waals surface area contributed by atoms with Gasteiger partial charge in [-0.3, -0.25) is 0 Å². The van der Waals surface area contributed by atoms with Crippen LogP contribution in [0.2, 0.25) is 0 Å². The minimum atomic E-state index is 1.26. The maximum atomic E-state index is 2.56. The first-order valence-corrected chi connectivity index (χ1v) is 22.3. The van der Waals surface area contributed by atoms with E-state index in [0.29, 0.717) is 0 Å². The number of fused-ring (bicyclic) bond motifs is 13. The van der Waals surface area contributed by atoms with Crippen molar-refractivity contribution in [3.8, 4) is 44.5 Å². The molecule has 0 heterocycles. The third-order valence-corrected chi connectivity index (χ3v) is 15.4. The molecule has 0 aliphatic heterocycles. The van der Waals surface area contributed by atoms with Gasteiger partial charge in [0.25, 0.3) is 0 Å². The summed E-state index contributed by atoms with van der Waals surface area (Å²) in [7, 11) is 0. The van der Waals surface area contributed by atoms with Crippen LogP contribution in [0, 0.1) is 6.92 Å². The van der Waals surface area contributed by atoms with Crippen LogP contribution < -0.4 is 0 Å². The lowest BCUT2D eigenvalue weighted by Gasteiger charge is -2.19. The van der Waals surface area contributed by atoms with E-state index in [1.807, 2.05) is 0 Å². The summed E-state index contributed by atoms with van der Waals surface area (Å²) < 4.78 is 0. The summed E-state index contributed by atoms with van der Waals surface area (Å²) in [6.07, 6.45) is 0. The Morgan fingerprint density at radius 3 is 1.25 bits per heavy atom. The highest BCUT2D eigenvalue weighted by atomic mass is 14.3. The smallest absolute Gasteiger partial charge is 0.000718 e. The normalized spacial score (nSPS) is 12.8. The number of hydrogen-bond acceptors (Lipinski definition) is 0. The largest absolute Gasteiger partial charge is 0.0620 e. The number of rotatable bonds is 2. The first kappa shape index (κ1) is 32.7. The van der Waals surface area contributed by atoms with Crippen molar-refractivity contribution in [1.29, 1.82) is 0 Å². The van der Waals surface area contributed by atoms with Crippen LogP contribution in [-0.4, -0.2) is 0 Å². The fourth-order valence-corrected chi connectivity index (χ4v) is 12.9. The molecule has 0 amide bonds. The van der Waals surface area contributed by atoms with Gasteiger partial charge in [0.2, 0.25) is 0 Å². The molecule has 0 saturated heterocycles. The summed E-state index contributed by atoms with van der Waals surface area (Å²) in [5.74, 6) is 0. The lowest BCUT2D eigenvalue weighted by molar-refractivity contribution is 1.48. The van der Waals surface area contributed by atoms with Gasteiger partial charge in [0.05, 0.1) is 0 Å². The number of aryl methyl sites for hydroxylation is 1. The van der Waals surface area contributed by atoms with Gasteiger partial charge in [0, 0.05) is 0 Å². The lowest BCUT2D eigenvalue weighted by atomic mass is 9.83. The molecule has 0 heteroatoms. The van der Waals surface area contributed by atoms with E-state index in [1.165, 1.54) is 169 Å². The second-order valence-electron chi connectivity index (χ2n) is 18.2. The molecule has 0 nitrogen and oxygen atoms in total. The summed E-state index contributed by atoms with van der Waals surface area (Å²) in [5, 5.41) is 29.4. The quantitative estimate of drug-likeness (QED) is 0.121. The summed E-state index contributed by atoms with van der Waals surface area (Å²) in [5.41, 5.74) is 11.9. The molecule has 1 aliphatic rings. The minimum absolute atomic E-state index is 1.26. The fourth-order valence-electron chi connectivity index (χ4n) is 12.9. The second-order valence-corrected chi connectivity index (χ2v) is 18.2. The topological polar surface area (TPSA) is 0 Å². The van der Waals surface area contributed by atoms with Crippen LogP contribution in [0.25, 0.3) is 163 Å². The first-order valence-electron chi connectivity index (χ1n) is 22.3. The SMILES string of the molecule is Cc1ccccc1-c1c2cc3c(cc2c(-c2cccc4ccccc24)c2c4ccc5c6ccc7c8c(ccc(c9ccc(c12)c4c95)c86)-c1ccccc1-7)c1cccc2cccc3c21. The molecule has 0 spiro atoms. The van der Waals surface area contributed by atoms with Crippen LogP contribution in [0.3, 0.4) is 0 Å². The fraction of sp³-hybridized carbons (Fsp3) is 0.0159. The molecule has 16 rings (SSSR count). The van der Waals surface area contributed by atoms with Gasteiger partial charge in [-0.05, 0) is 188 Å². The van der Waals surface area contributed by atoms with E-state index in [9.17, 15) is 0 Å². The lowest BCUT2D eigenvalue weighted by Crippen LogP contribution is -1.92. The molecule has 0 fully saturated rings. The van der Waals surface area contributed by atoms with E-state index in [-0.39, 0.29) is 0 Å². The van der Waals surface area contributed by atoms with Crippen molar-refractivity contribution in [2.24, 2.45) is 0 Å². The van der Waals surface area contributed by atoms with E-state index in [2.05, 4.69) is 195 Å². The monoisotopic (exact) mass is 790 g/mol. The molecule has 0 radical (unpaired) electrons. The van der Waals surface area contributed by atoms with Crippen LogP contribution in [0.1, 0.15) is 5.56 Å². The molecular weight excluding hydrogens is 757 g/mol. The summed E-state index contributed by atoms with van der Waals surface area (Å²) >= 11 is 0. The van der Waals surface area contributed by atoms with Crippen LogP contribution >= 0.6 is 0 Å². The highest BCUT2D eigenvalue weighted by molar-refractivity contribution is 6.48. The Bertz CT molecular complexity index is 4460. The van der Waals surface area contributed by atoms with Crippen LogP contribution in [0.15, 0.2) is 188 Å². The van der Waals surface area contributed by atoms with Crippen molar-refractivity contribution in [2.45, 2.75) is 6.92 Å². The predicted molar refractivity (Wildman–Crippen MR) is 273 cm³/mol. The number of hydrogen-bond donors (Lipinski definition) is 0. The standard InChI is InChI=1S/C63H34/c1-33-11-2-4-16-36(33)56-53-31-51-41-21-9-14-35-15-10-22-42(55(35)41)52(51)32-54(53)60(40-20-8-13-34-12-3-5-17-37(34)40)63-50-30-28-48-46-26-24-44-39-19-7-6-18-38(39)43-23-25-45(58(46)57(43)44)47-27-29-49(62(56)63)61(50)59(47)48/h2-32H,1H3. The Morgan fingerprint density at radius 2 is 0.619 bits per heavy atom. The van der Waals surface area contributed by atoms with Gasteiger partial charge in [-0.25, -0.2) is 0 Å². The van der Waals surface area contributed by atoms with Crippen molar-refractivity contribution in [2.75, 3.05) is 0 Å². The molecule has 0 atom stereocenters. The second kappa shape index (κ2) is 11.2. The molecule has 0 bridgehead atoms. The van der Waals surface area contributed by atoms with Crippen LogP contribution in [0.5, 0.6) is 0 Å². The Morgan fingerprint density at radius 1 is 0.206 bits per heavy atom. The number of benzene rings is 13. The van der Waals surface area contributed by atoms with Gasteiger partial charge < -0.3 is 0 Å². The van der Waals surface area contributed by atoms with Crippen molar-refractivity contribution in [3.63, 3.8) is 0 Å². The van der Waals surface area contributed by atoms with E-state index in [0.717, 1.165) is 0 Å². The van der Waals surface area contributed by atoms with Crippen molar-refractivity contribution in [3.05, 3.63) is 194 Å². The first-order chi connectivity index (χ1) is 31.2. The van der Waals surface area contributed by atoms with E-state index in [4.69, 9.17) is 0 Å². The zero-order chi connectivity index (χ0) is 40.8. The molecule has 0 aromatic heterocycles. The third-order valence-electron chi connectivity index (χ3n) is 15.4. The molecule has 286 valence electrons. The van der Waals surface area contributed by atoms with Gasteiger partial charge in [-0.2, -0.15) is 0 Å². The highest BCUT2D eigenvalue weighted by Crippen LogP contribution is 2.57. The van der Waals surface area contributed by atoms with Crippen molar-refractivity contribution >= 4 is 118 Å². The Labute approximate surface area is 361 Å². The van der Waals surface area contributed by atoms with Gasteiger partial charge in [-0.1, -0.05) is 176 Å². The van der Waals surface area contributed by atoms with Crippen molar-refractivity contribution < 1.29 is 0 Å². The average Bonchev–Trinajstić information content (AvgIpc) is 3.96. The van der Waals surface area contributed by atoms with Gasteiger partial charge in [0.1, 0.15) is 0 Å². The minimum Gasteiger partial charge on any atom is -0.0620 e. The maximum Gasteiger partial charge on any atom is -0.000718 e.